The second-order valence-electron chi connectivity index (χ2n) is 16.0. The summed E-state index contributed by atoms with van der Waals surface area (Å²) in [5.74, 6) is 0. The molecule has 0 saturated carbocycles. The molecule has 0 spiro atoms. The van der Waals surface area contributed by atoms with E-state index in [9.17, 15) is 0 Å². The van der Waals surface area contributed by atoms with E-state index in [1.165, 1.54) is 71.4 Å². The van der Waals surface area contributed by atoms with Crippen molar-refractivity contribution in [3.8, 4) is 16.8 Å². The minimum Gasteiger partial charge on any atom is -0.398 e. The monoisotopic (exact) mass is 780 g/mol. The largest absolute Gasteiger partial charge is 0.398 e. The predicted molar refractivity (Wildman–Crippen MR) is 258 cm³/mol. The zero-order valence-electron chi connectivity index (χ0n) is 33.5. The van der Waals surface area contributed by atoms with Gasteiger partial charge in [0.1, 0.15) is 0 Å². The molecule has 4 heterocycles. The molecule has 0 radical (unpaired) electrons. The highest BCUT2D eigenvalue weighted by Crippen LogP contribution is 2.47. The van der Waals surface area contributed by atoms with Gasteiger partial charge in [-0.3, -0.25) is 0 Å². The lowest BCUT2D eigenvalue weighted by Crippen LogP contribution is -2.11. The highest BCUT2D eigenvalue weighted by atomic mass is 15.1. The Bertz CT molecular complexity index is 3520. The van der Waals surface area contributed by atoms with Crippen molar-refractivity contribution in [3.05, 3.63) is 235 Å². The lowest BCUT2D eigenvalue weighted by molar-refractivity contribution is 0.947. The zero-order chi connectivity index (χ0) is 40.6. The molecule has 8 aromatic carbocycles. The number of allylic oxidation sites excluding steroid dienone is 5. The van der Waals surface area contributed by atoms with Crippen molar-refractivity contribution < 1.29 is 0 Å². The summed E-state index contributed by atoms with van der Waals surface area (Å²) >= 11 is 0. The van der Waals surface area contributed by atoms with E-state index < -0.39 is 0 Å². The minimum atomic E-state index is 0.760. The van der Waals surface area contributed by atoms with E-state index in [1.807, 2.05) is 12.1 Å². The van der Waals surface area contributed by atoms with Gasteiger partial charge in [0, 0.05) is 73.6 Å². The molecule has 0 bridgehead atoms. The van der Waals surface area contributed by atoms with Crippen LogP contribution in [0.2, 0.25) is 0 Å². The third-order valence-electron chi connectivity index (χ3n) is 12.6. The van der Waals surface area contributed by atoms with Crippen molar-refractivity contribution in [2.75, 3.05) is 10.6 Å². The molecule has 0 amide bonds. The first-order chi connectivity index (χ1) is 30.1. The van der Waals surface area contributed by atoms with Crippen LogP contribution in [0, 0.1) is 0 Å². The second kappa shape index (κ2) is 13.8. The summed E-state index contributed by atoms with van der Waals surface area (Å²) in [6.45, 7) is 5.32. The number of nitrogens with zero attached hydrogens (tertiary/aromatic N) is 3. The van der Waals surface area contributed by atoms with E-state index in [-0.39, 0.29) is 0 Å². The van der Waals surface area contributed by atoms with Gasteiger partial charge >= 0.3 is 0 Å². The number of benzene rings is 8. The quantitative estimate of drug-likeness (QED) is 0.177. The van der Waals surface area contributed by atoms with Gasteiger partial charge in [0.05, 0.1) is 22.2 Å². The molecule has 61 heavy (non-hydrogen) atoms. The van der Waals surface area contributed by atoms with Gasteiger partial charge in [-0.25, -0.2) is 0 Å². The average Bonchev–Trinajstić information content (AvgIpc) is 3.96. The zero-order valence-corrected chi connectivity index (χ0v) is 33.5. The molecule has 10 aromatic rings. The van der Waals surface area contributed by atoms with Crippen molar-refractivity contribution >= 4 is 77.4 Å². The van der Waals surface area contributed by atoms with Crippen LogP contribution in [0.4, 0.5) is 17.1 Å². The van der Waals surface area contributed by atoms with Crippen molar-refractivity contribution in [1.82, 2.24) is 9.13 Å². The van der Waals surface area contributed by atoms with Crippen LogP contribution >= 0.6 is 0 Å². The molecule has 2 N–H and O–H groups in total. The van der Waals surface area contributed by atoms with E-state index in [1.54, 1.807) is 0 Å². The summed E-state index contributed by atoms with van der Waals surface area (Å²) in [6.07, 6.45) is 8.46. The van der Waals surface area contributed by atoms with E-state index >= 15 is 0 Å². The third-order valence-corrected chi connectivity index (χ3v) is 12.6. The predicted octanol–water partition coefficient (Wildman–Crippen LogP) is 14.3. The average molecular weight is 781 g/mol. The lowest BCUT2D eigenvalue weighted by atomic mass is 9.89. The van der Waals surface area contributed by atoms with Crippen LogP contribution in [0.25, 0.3) is 77.1 Å². The van der Waals surface area contributed by atoms with Crippen LogP contribution in [0.3, 0.4) is 0 Å². The molecule has 0 aliphatic carbocycles. The number of fused-ring (bicyclic) bond motifs is 7. The molecule has 2 aliphatic heterocycles. The van der Waals surface area contributed by atoms with E-state index in [0.29, 0.717) is 0 Å². The summed E-state index contributed by atoms with van der Waals surface area (Å²) in [5.41, 5.74) is 26.0. The lowest BCUT2D eigenvalue weighted by Gasteiger charge is -2.26. The van der Waals surface area contributed by atoms with Gasteiger partial charge in [0.25, 0.3) is 0 Å². The first kappa shape index (κ1) is 34.9. The molecular formula is C57H40N4. The van der Waals surface area contributed by atoms with E-state index in [4.69, 9.17) is 5.73 Å². The highest BCUT2D eigenvalue weighted by molar-refractivity contribution is 6.17. The number of rotatable bonds is 5. The van der Waals surface area contributed by atoms with Crippen molar-refractivity contribution in [1.29, 1.82) is 0 Å². The smallest absolute Gasteiger partial charge is 0.0571 e. The first-order valence-corrected chi connectivity index (χ1v) is 20.9. The molecule has 0 atom stereocenters. The molecule has 12 rings (SSSR count). The Kier molecular flexibility index (Phi) is 7.87. The summed E-state index contributed by atoms with van der Waals surface area (Å²) < 4.78 is 4.85. The summed E-state index contributed by atoms with van der Waals surface area (Å²) in [4.78, 5) is 2.31. The Balaban J connectivity index is 0.971. The fourth-order valence-corrected chi connectivity index (χ4v) is 9.88. The molecular weight excluding hydrogens is 741 g/mol. The van der Waals surface area contributed by atoms with E-state index in [0.717, 1.165) is 51.6 Å². The second-order valence-corrected chi connectivity index (χ2v) is 16.0. The normalized spacial score (nSPS) is 15.3. The van der Waals surface area contributed by atoms with Gasteiger partial charge in [-0.15, -0.1) is 0 Å². The first-order valence-electron chi connectivity index (χ1n) is 20.9. The maximum atomic E-state index is 6.68. The maximum absolute atomic E-state index is 6.68. The highest BCUT2D eigenvalue weighted by Gasteiger charge is 2.28. The molecule has 4 heteroatoms. The number of hydrogen-bond acceptors (Lipinski definition) is 2. The SMILES string of the molecule is C=C1/C=C\C=C/N(c2ccc3c(c2)c2cccc4c2n3C/C4=C(/c2ccccc2)c2ccccc2N)c2ccc(-c3ccc4c(c3)c3ccccc3n4-c3ccccc3)cc21. The fourth-order valence-electron chi connectivity index (χ4n) is 9.88. The fraction of sp³-hybridized carbons (Fsp3) is 0.0175. The number of anilines is 3. The maximum Gasteiger partial charge on any atom is 0.0571 e. The van der Waals surface area contributed by atoms with Gasteiger partial charge < -0.3 is 19.8 Å². The summed E-state index contributed by atoms with van der Waals surface area (Å²) in [7, 11) is 0. The molecule has 4 nitrogen and oxygen atoms in total. The number of nitrogen functional groups attached to an aromatic ring is 1. The van der Waals surface area contributed by atoms with Crippen LogP contribution in [-0.2, 0) is 6.54 Å². The Morgan fingerprint density at radius 2 is 1.23 bits per heavy atom. The Morgan fingerprint density at radius 1 is 0.525 bits per heavy atom. The van der Waals surface area contributed by atoms with Gasteiger partial charge in [0.15, 0.2) is 0 Å². The minimum absolute atomic E-state index is 0.760. The number of aromatic nitrogens is 2. The Hall–Kier alpha value is -8.08. The Labute approximate surface area is 354 Å². The van der Waals surface area contributed by atoms with Gasteiger partial charge in [-0.1, -0.05) is 134 Å². The van der Waals surface area contributed by atoms with Gasteiger partial charge in [-0.05, 0) is 106 Å². The topological polar surface area (TPSA) is 39.1 Å². The van der Waals surface area contributed by atoms with Gasteiger partial charge in [0.2, 0.25) is 0 Å². The number of nitrogens with two attached hydrogens (primary N) is 1. The number of para-hydroxylation sites is 4. The molecule has 0 fully saturated rings. The number of hydrogen-bond donors (Lipinski definition) is 1. The standard InChI is InChI=1S/C57H40N4/c1-37-15-12-13-32-59(52-29-26-39(33-47(37)52)40-27-30-55-48(34-40)43-20-9-11-25-54(43)61(55)41-18-6-3-7-19-41)42-28-31-53-49(35-42)44-22-14-23-45-50(36-60(53)57(44)45)56(38-16-4-2-5-17-38)46-21-8-10-24-51(46)58/h2-35H,1,36,58H2/b15-12-,32-13-,56-50+. The third kappa shape index (κ3) is 5.46. The van der Waals surface area contributed by atoms with E-state index in [2.05, 4.69) is 215 Å². The van der Waals surface area contributed by atoms with Crippen LogP contribution in [0.5, 0.6) is 0 Å². The van der Waals surface area contributed by atoms with Crippen molar-refractivity contribution in [3.63, 3.8) is 0 Å². The van der Waals surface area contributed by atoms with Crippen molar-refractivity contribution in [2.45, 2.75) is 6.54 Å². The molecule has 0 saturated heterocycles. The molecule has 2 aliphatic rings. The molecule has 0 unspecified atom stereocenters. The van der Waals surface area contributed by atoms with Crippen LogP contribution in [0.1, 0.15) is 22.3 Å². The summed E-state index contributed by atoms with van der Waals surface area (Å²) in [5, 5.41) is 4.96. The van der Waals surface area contributed by atoms with Crippen LogP contribution < -0.4 is 10.6 Å². The molecule has 2 aromatic heterocycles. The van der Waals surface area contributed by atoms with Crippen molar-refractivity contribution in [2.24, 2.45) is 0 Å². The van der Waals surface area contributed by atoms with Crippen LogP contribution in [-0.4, -0.2) is 9.13 Å². The van der Waals surface area contributed by atoms with Crippen LogP contribution in [0.15, 0.2) is 213 Å². The summed E-state index contributed by atoms with van der Waals surface area (Å²) in [6, 6.07) is 65.6. The van der Waals surface area contributed by atoms with Gasteiger partial charge in [-0.2, -0.15) is 0 Å². The Morgan fingerprint density at radius 3 is 2.10 bits per heavy atom. The molecule has 288 valence electrons.